The lowest BCUT2D eigenvalue weighted by Crippen LogP contribution is -2.41. The van der Waals surface area contributed by atoms with Crippen LogP contribution in [0.5, 0.6) is 0 Å². The van der Waals surface area contributed by atoms with Crippen molar-refractivity contribution in [2.45, 2.75) is 19.8 Å². The van der Waals surface area contributed by atoms with Crippen LogP contribution in [0.3, 0.4) is 0 Å². The lowest BCUT2D eigenvalue weighted by atomic mass is 10.1. The molecule has 5 nitrogen and oxygen atoms in total. The van der Waals surface area contributed by atoms with E-state index >= 15 is 0 Å². The number of hydrogen-bond donors (Lipinski definition) is 2. The van der Waals surface area contributed by atoms with Gasteiger partial charge in [-0.25, -0.2) is 9.18 Å². The van der Waals surface area contributed by atoms with Crippen molar-refractivity contribution in [3.8, 4) is 0 Å². The van der Waals surface area contributed by atoms with E-state index in [2.05, 4.69) is 5.32 Å². The Morgan fingerprint density at radius 2 is 2.25 bits per heavy atom. The number of anilines is 1. The molecule has 1 aromatic rings. The fourth-order valence-electron chi connectivity index (χ4n) is 2.29. The van der Waals surface area contributed by atoms with Gasteiger partial charge in [0.2, 0.25) is 0 Å². The van der Waals surface area contributed by atoms with Crippen LogP contribution in [0.1, 0.15) is 18.9 Å². The Hall–Kier alpha value is -2.11. The van der Waals surface area contributed by atoms with Crippen molar-refractivity contribution in [2.75, 3.05) is 18.0 Å². The Morgan fingerprint density at radius 3 is 2.95 bits per heavy atom. The van der Waals surface area contributed by atoms with E-state index in [0.29, 0.717) is 18.7 Å². The number of carboxylic acids is 1. The molecule has 6 heteroatoms. The third-order valence-corrected chi connectivity index (χ3v) is 3.31. The average molecular weight is 280 g/mol. The summed E-state index contributed by atoms with van der Waals surface area (Å²) in [7, 11) is 0. The first-order valence-electron chi connectivity index (χ1n) is 6.53. The largest absolute Gasteiger partial charge is 0.481 e. The van der Waals surface area contributed by atoms with Crippen LogP contribution in [0.4, 0.5) is 14.9 Å². The minimum atomic E-state index is -0.889. The smallest absolute Gasteiger partial charge is 0.321 e. The summed E-state index contributed by atoms with van der Waals surface area (Å²) in [5.74, 6) is -1.41. The van der Waals surface area contributed by atoms with Crippen molar-refractivity contribution in [3.63, 3.8) is 0 Å². The highest BCUT2D eigenvalue weighted by molar-refractivity contribution is 5.94. The minimum Gasteiger partial charge on any atom is -0.481 e. The number of benzene rings is 1. The fourth-order valence-corrected chi connectivity index (χ4v) is 2.29. The van der Waals surface area contributed by atoms with Crippen LogP contribution in [0.15, 0.2) is 18.2 Å². The predicted octanol–water partition coefficient (Wildman–Crippen LogP) is 2.01. The third kappa shape index (κ3) is 3.26. The Bertz CT molecular complexity index is 533. The van der Waals surface area contributed by atoms with Crippen molar-refractivity contribution < 1.29 is 19.1 Å². The molecule has 1 aliphatic rings. The summed E-state index contributed by atoms with van der Waals surface area (Å²) in [6.07, 6.45) is 0.708. The molecule has 108 valence electrons. The summed E-state index contributed by atoms with van der Waals surface area (Å²) >= 11 is 0. The second-order valence-electron chi connectivity index (χ2n) is 5.06. The van der Waals surface area contributed by atoms with E-state index in [1.807, 2.05) is 0 Å². The highest BCUT2D eigenvalue weighted by Crippen LogP contribution is 2.28. The monoisotopic (exact) mass is 280 g/mol. The van der Waals surface area contributed by atoms with Crippen LogP contribution in [0, 0.1) is 11.7 Å². The van der Waals surface area contributed by atoms with E-state index < -0.39 is 5.97 Å². The second kappa shape index (κ2) is 5.90. The topological polar surface area (TPSA) is 69.6 Å². The van der Waals surface area contributed by atoms with Crippen molar-refractivity contribution in [1.29, 1.82) is 0 Å². The van der Waals surface area contributed by atoms with E-state index in [9.17, 15) is 14.0 Å². The predicted molar refractivity (Wildman–Crippen MR) is 72.3 cm³/mol. The second-order valence-corrected chi connectivity index (χ2v) is 5.06. The first-order valence-corrected chi connectivity index (χ1v) is 6.53. The van der Waals surface area contributed by atoms with Gasteiger partial charge in [0.15, 0.2) is 0 Å². The van der Waals surface area contributed by atoms with Gasteiger partial charge in [-0.2, -0.15) is 0 Å². The molecule has 2 rings (SSSR count). The van der Waals surface area contributed by atoms with Crippen LogP contribution in [0.2, 0.25) is 0 Å². The van der Waals surface area contributed by atoms with Crippen LogP contribution >= 0.6 is 0 Å². The van der Waals surface area contributed by atoms with Gasteiger partial charge in [-0.05, 0) is 30.0 Å². The quantitative estimate of drug-likeness (QED) is 0.886. The summed E-state index contributed by atoms with van der Waals surface area (Å²) in [6, 6.07) is 4.11. The number of nitrogens with one attached hydrogen (secondary N) is 1. The molecule has 1 unspecified atom stereocenters. The van der Waals surface area contributed by atoms with Crippen molar-refractivity contribution >= 4 is 17.7 Å². The number of nitrogens with zero attached hydrogens (tertiary/aromatic N) is 1. The number of carboxylic acid groups (broad SMARTS) is 1. The number of urea groups is 1. The number of carbonyl (C=O) groups excluding carboxylic acids is 1. The van der Waals surface area contributed by atoms with Gasteiger partial charge in [0.1, 0.15) is 5.82 Å². The molecule has 0 aromatic heterocycles. The van der Waals surface area contributed by atoms with Gasteiger partial charge in [0.25, 0.3) is 0 Å². The lowest BCUT2D eigenvalue weighted by Gasteiger charge is -2.19. The Balaban J connectivity index is 1.95. The first-order chi connectivity index (χ1) is 9.47. The van der Waals surface area contributed by atoms with Crippen molar-refractivity contribution in [3.05, 3.63) is 29.6 Å². The number of rotatable bonds is 4. The Kier molecular flexibility index (Phi) is 4.22. The van der Waals surface area contributed by atoms with Crippen molar-refractivity contribution in [2.24, 2.45) is 5.92 Å². The standard InChI is InChI=1S/C14H17FN2O3/c1-9(6-13(18)19)8-16-14(20)17-5-4-10-2-3-11(15)7-12(10)17/h2-3,7,9H,4-6,8H2,1H3,(H,16,20)(H,18,19). The normalized spacial score (nSPS) is 14.8. The molecule has 0 radical (unpaired) electrons. The zero-order chi connectivity index (χ0) is 14.7. The van der Waals surface area contributed by atoms with E-state index in [4.69, 9.17) is 5.11 Å². The molecule has 0 saturated heterocycles. The Labute approximate surface area is 116 Å². The van der Waals surface area contributed by atoms with Crippen LogP contribution in [0.25, 0.3) is 0 Å². The molecule has 2 amide bonds. The number of fused-ring (bicyclic) bond motifs is 1. The number of aliphatic carboxylic acids is 1. The number of hydrogen-bond acceptors (Lipinski definition) is 2. The maximum absolute atomic E-state index is 13.2. The molecule has 2 N–H and O–H groups in total. The number of carbonyl (C=O) groups is 2. The molecule has 0 bridgehead atoms. The van der Waals surface area contributed by atoms with Gasteiger partial charge in [0, 0.05) is 19.5 Å². The summed E-state index contributed by atoms with van der Waals surface area (Å²) in [6.45, 7) is 2.55. The van der Waals surface area contributed by atoms with Gasteiger partial charge < -0.3 is 10.4 Å². The van der Waals surface area contributed by atoms with E-state index in [0.717, 1.165) is 5.56 Å². The van der Waals surface area contributed by atoms with Crippen LogP contribution < -0.4 is 10.2 Å². The molecular formula is C14H17FN2O3. The molecule has 20 heavy (non-hydrogen) atoms. The summed E-state index contributed by atoms with van der Waals surface area (Å²) in [5, 5.41) is 11.3. The molecule has 0 aliphatic carbocycles. The highest BCUT2D eigenvalue weighted by Gasteiger charge is 2.25. The molecule has 0 fully saturated rings. The van der Waals surface area contributed by atoms with Gasteiger partial charge in [0.05, 0.1) is 5.69 Å². The molecule has 1 aliphatic heterocycles. The van der Waals surface area contributed by atoms with E-state index in [1.165, 1.54) is 17.0 Å². The summed E-state index contributed by atoms with van der Waals surface area (Å²) in [5.41, 5.74) is 1.54. The average Bonchev–Trinajstić information content (AvgIpc) is 2.78. The SMILES string of the molecule is CC(CNC(=O)N1CCc2ccc(F)cc21)CC(=O)O. The first kappa shape index (κ1) is 14.3. The number of halogens is 1. The van der Waals surface area contributed by atoms with Gasteiger partial charge in [-0.3, -0.25) is 9.69 Å². The number of amides is 2. The molecular weight excluding hydrogens is 263 g/mol. The molecule has 1 atom stereocenters. The van der Waals surface area contributed by atoms with Gasteiger partial charge in [-0.1, -0.05) is 13.0 Å². The van der Waals surface area contributed by atoms with E-state index in [-0.39, 0.29) is 30.7 Å². The fraction of sp³-hybridized carbons (Fsp3) is 0.429. The maximum atomic E-state index is 13.2. The molecule has 1 heterocycles. The zero-order valence-electron chi connectivity index (χ0n) is 11.2. The summed E-state index contributed by atoms with van der Waals surface area (Å²) in [4.78, 5) is 24.1. The molecule has 0 spiro atoms. The van der Waals surface area contributed by atoms with Crippen molar-refractivity contribution in [1.82, 2.24) is 5.32 Å². The highest BCUT2D eigenvalue weighted by atomic mass is 19.1. The summed E-state index contributed by atoms with van der Waals surface area (Å²) < 4.78 is 13.2. The van der Waals surface area contributed by atoms with E-state index in [1.54, 1.807) is 13.0 Å². The molecule has 1 aromatic carbocycles. The van der Waals surface area contributed by atoms with Crippen LogP contribution in [-0.2, 0) is 11.2 Å². The van der Waals surface area contributed by atoms with Crippen LogP contribution in [-0.4, -0.2) is 30.2 Å². The Morgan fingerprint density at radius 1 is 1.50 bits per heavy atom. The maximum Gasteiger partial charge on any atom is 0.321 e. The lowest BCUT2D eigenvalue weighted by molar-refractivity contribution is -0.137. The van der Waals surface area contributed by atoms with Gasteiger partial charge in [-0.15, -0.1) is 0 Å². The zero-order valence-corrected chi connectivity index (χ0v) is 11.2. The van der Waals surface area contributed by atoms with Gasteiger partial charge >= 0.3 is 12.0 Å². The minimum absolute atomic E-state index is 0.00545. The third-order valence-electron chi connectivity index (χ3n) is 3.31. The molecule has 0 saturated carbocycles.